The van der Waals surface area contributed by atoms with Gasteiger partial charge in [-0.15, -0.1) is 0 Å². The zero-order valence-corrected chi connectivity index (χ0v) is 21.8. The van der Waals surface area contributed by atoms with Gasteiger partial charge in [0.2, 0.25) is 5.91 Å². The molecular weight excluding hydrogens is 544 g/mol. The molecule has 0 saturated heterocycles. The number of pyridine rings is 1. The fraction of sp³-hybridized carbons (Fsp3) is 0.357. The van der Waals surface area contributed by atoms with E-state index < -0.39 is 29.6 Å². The number of nitrogens with zero attached hydrogens (tertiary/aromatic N) is 5. The maximum atomic E-state index is 15.0. The Labute approximate surface area is 231 Å². The first-order valence-electron chi connectivity index (χ1n) is 13.2. The highest BCUT2D eigenvalue weighted by molar-refractivity contribution is 5.99. The number of rotatable bonds is 4. The Kier molecular flexibility index (Phi) is 6.27. The molecular formula is C28H26F4N6O3. The first-order chi connectivity index (χ1) is 19.5. The van der Waals surface area contributed by atoms with Gasteiger partial charge < -0.3 is 20.6 Å². The number of phenolic OH excluding ortho intramolecular Hbond substituents is 1. The van der Waals surface area contributed by atoms with Gasteiger partial charge in [0.15, 0.2) is 0 Å². The molecule has 3 aromatic rings. The van der Waals surface area contributed by atoms with Gasteiger partial charge in [0.25, 0.3) is 5.91 Å². The average molecular weight is 571 g/mol. The fourth-order valence-electron chi connectivity index (χ4n) is 5.77. The number of nitrogen functional groups attached to an aromatic ring is 1. The number of alkyl halides is 3. The molecule has 4 heterocycles. The van der Waals surface area contributed by atoms with Gasteiger partial charge >= 0.3 is 6.18 Å². The van der Waals surface area contributed by atoms with Crippen molar-refractivity contribution in [1.82, 2.24) is 24.6 Å². The van der Waals surface area contributed by atoms with Crippen LogP contribution in [0.2, 0.25) is 0 Å². The molecule has 2 aliphatic heterocycles. The molecule has 3 N–H and O–H groups in total. The Balaban J connectivity index is 1.43. The highest BCUT2D eigenvalue weighted by Crippen LogP contribution is 2.44. The van der Waals surface area contributed by atoms with Gasteiger partial charge in [0, 0.05) is 56.0 Å². The van der Waals surface area contributed by atoms with Crippen LogP contribution in [0.1, 0.15) is 63.4 Å². The number of anilines is 1. The molecule has 1 fully saturated rings. The summed E-state index contributed by atoms with van der Waals surface area (Å²) in [6.45, 7) is 3.98. The van der Waals surface area contributed by atoms with Crippen LogP contribution in [0.4, 0.5) is 23.2 Å². The van der Waals surface area contributed by atoms with Gasteiger partial charge in [-0.1, -0.05) is 6.58 Å². The van der Waals surface area contributed by atoms with Crippen molar-refractivity contribution in [3.8, 4) is 11.4 Å². The molecule has 41 heavy (non-hydrogen) atoms. The number of carbonyl (C=O) groups is 2. The summed E-state index contributed by atoms with van der Waals surface area (Å²) < 4.78 is 55.9. The van der Waals surface area contributed by atoms with Crippen LogP contribution >= 0.6 is 0 Å². The normalized spacial score (nSPS) is 18.6. The van der Waals surface area contributed by atoms with Gasteiger partial charge in [0.05, 0.1) is 23.0 Å². The van der Waals surface area contributed by atoms with E-state index in [9.17, 15) is 27.9 Å². The Morgan fingerprint density at radius 3 is 2.56 bits per heavy atom. The van der Waals surface area contributed by atoms with Crippen molar-refractivity contribution in [3.63, 3.8) is 0 Å². The smallest absolute Gasteiger partial charge is 0.433 e. The van der Waals surface area contributed by atoms with Crippen LogP contribution in [0.25, 0.3) is 5.69 Å². The number of amides is 2. The SMILES string of the molecule is C=CC(=O)N1CCc2nn(-c3cc(F)c(C4CC4)cc3O)c3c2[C@H](C1)N(C(=O)c1cnc(C(F)(F)F)cc1N)CC3. The van der Waals surface area contributed by atoms with Crippen molar-refractivity contribution in [2.45, 2.75) is 43.8 Å². The number of aromatic hydroxyl groups is 1. The van der Waals surface area contributed by atoms with Crippen LogP contribution in [0.15, 0.2) is 37.1 Å². The Hall–Kier alpha value is -4.42. The number of hydrogen-bond donors (Lipinski definition) is 2. The van der Waals surface area contributed by atoms with Crippen molar-refractivity contribution in [2.24, 2.45) is 0 Å². The number of benzene rings is 1. The molecule has 13 heteroatoms. The first kappa shape index (κ1) is 26.8. The minimum absolute atomic E-state index is 0.0667. The molecule has 1 atom stereocenters. The van der Waals surface area contributed by atoms with Crippen molar-refractivity contribution in [2.75, 3.05) is 25.4 Å². The molecule has 0 unspecified atom stereocenters. The lowest BCUT2D eigenvalue weighted by Gasteiger charge is -2.38. The predicted molar refractivity (Wildman–Crippen MR) is 139 cm³/mol. The van der Waals surface area contributed by atoms with Gasteiger partial charge in [-0.2, -0.15) is 18.3 Å². The third-order valence-electron chi connectivity index (χ3n) is 7.95. The maximum absolute atomic E-state index is 15.0. The summed E-state index contributed by atoms with van der Waals surface area (Å²) in [4.78, 5) is 32.7. The lowest BCUT2D eigenvalue weighted by Crippen LogP contribution is -2.46. The van der Waals surface area contributed by atoms with Gasteiger partial charge in [-0.05, 0) is 42.5 Å². The maximum Gasteiger partial charge on any atom is 0.433 e. The van der Waals surface area contributed by atoms with E-state index in [0.29, 0.717) is 35.0 Å². The zero-order valence-electron chi connectivity index (χ0n) is 21.8. The Morgan fingerprint density at radius 1 is 1.15 bits per heavy atom. The molecule has 3 aliphatic rings. The van der Waals surface area contributed by atoms with E-state index >= 15 is 4.39 Å². The van der Waals surface area contributed by atoms with E-state index in [4.69, 9.17) is 10.8 Å². The number of nitrogens with two attached hydrogens (primary N) is 1. The van der Waals surface area contributed by atoms with E-state index in [0.717, 1.165) is 19.0 Å². The van der Waals surface area contributed by atoms with Crippen LogP contribution in [-0.2, 0) is 23.8 Å². The molecule has 2 aromatic heterocycles. The largest absolute Gasteiger partial charge is 0.506 e. The van der Waals surface area contributed by atoms with Crippen molar-refractivity contribution >= 4 is 17.5 Å². The molecule has 0 spiro atoms. The van der Waals surface area contributed by atoms with Crippen LogP contribution in [0.5, 0.6) is 5.75 Å². The number of aromatic nitrogens is 3. The second-order valence-corrected chi connectivity index (χ2v) is 10.5. The van der Waals surface area contributed by atoms with E-state index in [2.05, 4.69) is 11.6 Å². The fourth-order valence-corrected chi connectivity index (χ4v) is 5.77. The zero-order chi connectivity index (χ0) is 29.2. The van der Waals surface area contributed by atoms with Gasteiger partial charge in [-0.3, -0.25) is 14.6 Å². The average Bonchev–Trinajstić information content (AvgIpc) is 3.73. The molecule has 1 saturated carbocycles. The van der Waals surface area contributed by atoms with Crippen molar-refractivity contribution in [3.05, 3.63) is 76.6 Å². The molecule has 0 radical (unpaired) electrons. The van der Waals surface area contributed by atoms with Crippen molar-refractivity contribution < 1.29 is 32.3 Å². The summed E-state index contributed by atoms with van der Waals surface area (Å²) in [7, 11) is 0. The summed E-state index contributed by atoms with van der Waals surface area (Å²) in [6.07, 6.45) is -0.456. The highest BCUT2D eigenvalue weighted by Gasteiger charge is 2.41. The highest BCUT2D eigenvalue weighted by atomic mass is 19.4. The molecule has 0 bridgehead atoms. The molecule has 1 aromatic carbocycles. The number of carbonyl (C=O) groups excluding carboxylic acids is 2. The van der Waals surface area contributed by atoms with E-state index in [1.165, 1.54) is 32.7 Å². The van der Waals surface area contributed by atoms with Crippen molar-refractivity contribution in [1.29, 1.82) is 0 Å². The summed E-state index contributed by atoms with van der Waals surface area (Å²) in [5.41, 5.74) is 6.59. The first-order valence-corrected chi connectivity index (χ1v) is 13.2. The van der Waals surface area contributed by atoms with E-state index in [-0.39, 0.29) is 60.6 Å². The lowest BCUT2D eigenvalue weighted by molar-refractivity contribution is -0.141. The van der Waals surface area contributed by atoms with E-state index in [1.807, 2.05) is 0 Å². The summed E-state index contributed by atoms with van der Waals surface area (Å²) in [6, 6.07) is 2.58. The second kappa shape index (κ2) is 9.60. The number of hydrogen-bond acceptors (Lipinski definition) is 6. The van der Waals surface area contributed by atoms with Crippen LogP contribution < -0.4 is 5.73 Å². The molecule has 6 rings (SSSR count). The molecule has 2 amide bonds. The summed E-state index contributed by atoms with van der Waals surface area (Å²) >= 11 is 0. The third-order valence-corrected chi connectivity index (χ3v) is 7.95. The lowest BCUT2D eigenvalue weighted by atomic mass is 9.94. The standard InChI is InChI=1S/C28H26F4N6O3/c1-2-25(40)36-7-5-19-26-20(38(35-19)21-10-17(29)15(9-23(21)39)14-3-4-14)6-8-37(22(26)13-36)27(41)16-12-34-24(11-18(16)33)28(30,31)32/h2,9-12,14,22,39H,1,3-8,13H2,(H2,33,34)/t22-/m0/s1. The second-order valence-electron chi connectivity index (χ2n) is 10.5. The Morgan fingerprint density at radius 2 is 1.90 bits per heavy atom. The molecule has 9 nitrogen and oxygen atoms in total. The minimum Gasteiger partial charge on any atom is -0.506 e. The predicted octanol–water partition coefficient (Wildman–Crippen LogP) is 3.90. The van der Waals surface area contributed by atoms with Crippen LogP contribution in [0, 0.1) is 5.82 Å². The summed E-state index contributed by atoms with van der Waals surface area (Å²) in [5.74, 6) is -1.46. The topological polar surface area (TPSA) is 118 Å². The van der Waals surface area contributed by atoms with Gasteiger partial charge in [0.1, 0.15) is 22.9 Å². The minimum atomic E-state index is -4.73. The molecule has 1 aliphatic carbocycles. The van der Waals surface area contributed by atoms with Crippen LogP contribution in [-0.4, -0.2) is 61.1 Å². The Bertz CT molecular complexity index is 1600. The van der Waals surface area contributed by atoms with Gasteiger partial charge in [-0.25, -0.2) is 9.07 Å². The van der Waals surface area contributed by atoms with Crippen LogP contribution in [0.3, 0.4) is 0 Å². The number of halogens is 4. The monoisotopic (exact) mass is 570 g/mol. The summed E-state index contributed by atoms with van der Waals surface area (Å²) in [5, 5.41) is 15.6. The quantitative estimate of drug-likeness (QED) is 0.363. The number of phenols is 1. The molecule has 214 valence electrons. The van der Waals surface area contributed by atoms with E-state index in [1.54, 1.807) is 0 Å². The third kappa shape index (κ3) is 4.58.